The number of nitrogens with zero attached hydrogens (tertiary/aromatic N) is 1. The Kier molecular flexibility index (Phi) is 5.37. The van der Waals surface area contributed by atoms with Gasteiger partial charge in [0, 0.05) is 11.3 Å². The van der Waals surface area contributed by atoms with Crippen LogP contribution in [0.15, 0.2) is 46.9 Å². The first-order valence-electron chi connectivity index (χ1n) is 5.92. The van der Waals surface area contributed by atoms with Crippen molar-refractivity contribution in [2.24, 2.45) is 5.16 Å². The standard InChI is InChI=1S/C14H14FNO2S/c15-12-4-6-13(7-5-12)17-8-2-9-18-16-11-14-3-1-10-19-14/h1,3-7,10-11H,2,8-9H2/b16-11+. The Bertz CT molecular complexity index is 497. The number of benzene rings is 1. The molecule has 0 saturated heterocycles. The van der Waals surface area contributed by atoms with E-state index >= 15 is 0 Å². The number of ether oxygens (including phenoxy) is 1. The minimum atomic E-state index is -0.265. The van der Waals surface area contributed by atoms with Gasteiger partial charge in [-0.25, -0.2) is 4.39 Å². The van der Waals surface area contributed by atoms with Gasteiger partial charge < -0.3 is 9.57 Å². The van der Waals surface area contributed by atoms with Crippen molar-refractivity contribution in [3.8, 4) is 5.75 Å². The topological polar surface area (TPSA) is 30.8 Å². The van der Waals surface area contributed by atoms with E-state index in [2.05, 4.69) is 5.16 Å². The van der Waals surface area contributed by atoms with E-state index in [0.29, 0.717) is 19.0 Å². The van der Waals surface area contributed by atoms with Crippen LogP contribution in [-0.4, -0.2) is 19.4 Å². The third-order valence-electron chi connectivity index (χ3n) is 2.26. The van der Waals surface area contributed by atoms with Crippen molar-refractivity contribution >= 4 is 17.6 Å². The van der Waals surface area contributed by atoms with E-state index < -0.39 is 0 Å². The molecule has 0 aliphatic heterocycles. The van der Waals surface area contributed by atoms with Gasteiger partial charge in [-0.3, -0.25) is 0 Å². The average molecular weight is 279 g/mol. The van der Waals surface area contributed by atoms with E-state index in [4.69, 9.17) is 9.57 Å². The molecule has 0 atom stereocenters. The number of hydrogen-bond acceptors (Lipinski definition) is 4. The van der Waals surface area contributed by atoms with Gasteiger partial charge in [0.2, 0.25) is 0 Å². The smallest absolute Gasteiger partial charge is 0.123 e. The van der Waals surface area contributed by atoms with Crippen molar-refractivity contribution in [2.45, 2.75) is 6.42 Å². The van der Waals surface area contributed by atoms with Gasteiger partial charge in [0.05, 0.1) is 12.8 Å². The van der Waals surface area contributed by atoms with E-state index in [1.165, 1.54) is 12.1 Å². The van der Waals surface area contributed by atoms with Gasteiger partial charge in [-0.05, 0) is 35.7 Å². The molecular formula is C14H14FNO2S. The largest absolute Gasteiger partial charge is 0.493 e. The summed E-state index contributed by atoms with van der Waals surface area (Å²) in [6.45, 7) is 1.00. The molecule has 2 aromatic rings. The molecular weight excluding hydrogens is 265 g/mol. The molecule has 1 aromatic heterocycles. The van der Waals surface area contributed by atoms with Gasteiger partial charge in [0.1, 0.15) is 18.2 Å². The first kappa shape index (κ1) is 13.5. The fourth-order valence-electron chi connectivity index (χ4n) is 1.35. The number of oxime groups is 1. The first-order chi connectivity index (χ1) is 9.34. The second-order valence-electron chi connectivity index (χ2n) is 3.74. The molecule has 0 radical (unpaired) electrons. The van der Waals surface area contributed by atoms with E-state index in [9.17, 15) is 4.39 Å². The van der Waals surface area contributed by atoms with Crippen LogP contribution in [-0.2, 0) is 4.84 Å². The Labute approximate surface area is 115 Å². The predicted octanol–water partition coefficient (Wildman–Crippen LogP) is 3.71. The van der Waals surface area contributed by atoms with Crippen molar-refractivity contribution in [3.63, 3.8) is 0 Å². The zero-order chi connectivity index (χ0) is 13.3. The first-order valence-corrected chi connectivity index (χ1v) is 6.80. The molecule has 0 saturated carbocycles. The van der Waals surface area contributed by atoms with Crippen LogP contribution in [0.2, 0.25) is 0 Å². The summed E-state index contributed by atoms with van der Waals surface area (Å²) in [7, 11) is 0. The molecule has 100 valence electrons. The summed E-state index contributed by atoms with van der Waals surface area (Å²) >= 11 is 1.61. The Morgan fingerprint density at radius 3 is 2.74 bits per heavy atom. The quantitative estimate of drug-likeness (QED) is 0.439. The summed E-state index contributed by atoms with van der Waals surface area (Å²) in [4.78, 5) is 6.16. The lowest BCUT2D eigenvalue weighted by Crippen LogP contribution is -2.01. The maximum Gasteiger partial charge on any atom is 0.123 e. The van der Waals surface area contributed by atoms with Crippen LogP contribution in [0, 0.1) is 5.82 Å². The molecule has 0 amide bonds. The molecule has 19 heavy (non-hydrogen) atoms. The third-order valence-corrected chi connectivity index (χ3v) is 3.07. The van der Waals surface area contributed by atoms with Crippen LogP contribution in [0.4, 0.5) is 4.39 Å². The zero-order valence-corrected chi connectivity index (χ0v) is 11.1. The molecule has 3 nitrogen and oxygen atoms in total. The molecule has 1 heterocycles. The van der Waals surface area contributed by atoms with E-state index in [1.807, 2.05) is 17.5 Å². The average Bonchev–Trinajstić information content (AvgIpc) is 2.93. The number of halogens is 1. The molecule has 0 aliphatic carbocycles. The lowest BCUT2D eigenvalue weighted by Gasteiger charge is -2.04. The highest BCUT2D eigenvalue weighted by Crippen LogP contribution is 2.11. The molecule has 0 spiro atoms. The van der Waals surface area contributed by atoms with E-state index in [1.54, 1.807) is 29.7 Å². The van der Waals surface area contributed by atoms with Gasteiger partial charge in [-0.1, -0.05) is 11.2 Å². The Morgan fingerprint density at radius 1 is 1.16 bits per heavy atom. The van der Waals surface area contributed by atoms with Crippen LogP contribution in [0.1, 0.15) is 11.3 Å². The maximum atomic E-state index is 12.6. The molecule has 5 heteroatoms. The van der Waals surface area contributed by atoms with Crippen LogP contribution in [0.25, 0.3) is 0 Å². The summed E-state index contributed by atoms with van der Waals surface area (Å²) in [5, 5.41) is 5.83. The zero-order valence-electron chi connectivity index (χ0n) is 10.3. The number of rotatable bonds is 7. The van der Waals surface area contributed by atoms with E-state index in [-0.39, 0.29) is 5.82 Å². The maximum absolute atomic E-state index is 12.6. The third kappa shape index (κ3) is 5.09. The predicted molar refractivity (Wildman–Crippen MR) is 74.4 cm³/mol. The van der Waals surface area contributed by atoms with Crippen LogP contribution in [0.3, 0.4) is 0 Å². The second kappa shape index (κ2) is 7.53. The highest BCUT2D eigenvalue weighted by molar-refractivity contribution is 7.11. The Morgan fingerprint density at radius 2 is 2.00 bits per heavy atom. The fourth-order valence-corrected chi connectivity index (χ4v) is 1.93. The second-order valence-corrected chi connectivity index (χ2v) is 4.72. The van der Waals surface area contributed by atoms with Gasteiger partial charge in [0.25, 0.3) is 0 Å². The van der Waals surface area contributed by atoms with Gasteiger partial charge in [-0.2, -0.15) is 0 Å². The molecule has 0 aliphatic rings. The van der Waals surface area contributed by atoms with Gasteiger partial charge in [-0.15, -0.1) is 11.3 Å². The highest BCUT2D eigenvalue weighted by Gasteiger charge is 1.94. The summed E-state index contributed by atoms with van der Waals surface area (Å²) in [6.07, 6.45) is 2.41. The van der Waals surface area contributed by atoms with Crippen LogP contribution >= 0.6 is 11.3 Å². The summed E-state index contributed by atoms with van der Waals surface area (Å²) in [5.74, 6) is 0.391. The Hall–Kier alpha value is -1.88. The minimum Gasteiger partial charge on any atom is -0.493 e. The number of hydrogen-bond donors (Lipinski definition) is 0. The molecule has 0 bridgehead atoms. The van der Waals surface area contributed by atoms with Crippen molar-refractivity contribution < 1.29 is 14.0 Å². The van der Waals surface area contributed by atoms with Crippen molar-refractivity contribution in [2.75, 3.05) is 13.2 Å². The van der Waals surface area contributed by atoms with Crippen molar-refractivity contribution in [3.05, 3.63) is 52.5 Å². The molecule has 2 rings (SSSR count). The van der Waals surface area contributed by atoms with Crippen LogP contribution < -0.4 is 4.74 Å². The summed E-state index contributed by atoms with van der Waals surface area (Å²) < 4.78 is 18.1. The lowest BCUT2D eigenvalue weighted by molar-refractivity contribution is 0.129. The summed E-state index contributed by atoms with van der Waals surface area (Å²) in [6, 6.07) is 9.88. The minimum absolute atomic E-state index is 0.265. The molecule has 0 fully saturated rings. The molecule has 1 aromatic carbocycles. The number of thiophene rings is 1. The monoisotopic (exact) mass is 279 g/mol. The van der Waals surface area contributed by atoms with Gasteiger partial charge in [0.15, 0.2) is 0 Å². The normalized spacial score (nSPS) is 10.8. The van der Waals surface area contributed by atoms with Gasteiger partial charge >= 0.3 is 0 Å². The lowest BCUT2D eigenvalue weighted by atomic mass is 10.3. The SMILES string of the molecule is Fc1ccc(OCCCO/N=C/c2cccs2)cc1. The fraction of sp³-hybridized carbons (Fsp3) is 0.214. The highest BCUT2D eigenvalue weighted by atomic mass is 32.1. The van der Waals surface area contributed by atoms with Crippen LogP contribution in [0.5, 0.6) is 5.75 Å². The molecule has 0 unspecified atom stereocenters. The Balaban J connectivity index is 1.56. The molecule has 0 N–H and O–H groups in total. The summed E-state index contributed by atoms with van der Waals surface area (Å²) in [5.41, 5.74) is 0. The van der Waals surface area contributed by atoms with Crippen molar-refractivity contribution in [1.82, 2.24) is 0 Å². The van der Waals surface area contributed by atoms with Crippen molar-refractivity contribution in [1.29, 1.82) is 0 Å². The van der Waals surface area contributed by atoms with E-state index in [0.717, 1.165) is 11.3 Å².